The summed E-state index contributed by atoms with van der Waals surface area (Å²) in [6.07, 6.45) is 5.51. The van der Waals surface area contributed by atoms with Crippen LogP contribution in [0.25, 0.3) is 10.8 Å². The van der Waals surface area contributed by atoms with E-state index in [1.807, 2.05) is 31.5 Å². The largest absolute Gasteiger partial charge is 0.352 e. The van der Waals surface area contributed by atoms with Crippen molar-refractivity contribution in [3.63, 3.8) is 0 Å². The molecule has 3 rings (SSSR count). The number of fused-ring (bicyclic) bond motifs is 1. The van der Waals surface area contributed by atoms with Gasteiger partial charge in [-0.2, -0.15) is 5.10 Å². The minimum absolute atomic E-state index is 0.00384. The molecule has 2 aromatic carbocycles. The molecule has 0 spiro atoms. The van der Waals surface area contributed by atoms with E-state index in [4.69, 9.17) is 0 Å². The molecule has 3 aromatic rings. The zero-order chi connectivity index (χ0) is 16.2. The maximum Gasteiger partial charge on any atom is 0.252 e. The number of hydrogen-bond donors (Lipinski definition) is 2. The van der Waals surface area contributed by atoms with Crippen LogP contribution in [-0.2, 0) is 6.42 Å². The second-order valence-corrected chi connectivity index (χ2v) is 5.95. The van der Waals surface area contributed by atoms with Crippen molar-refractivity contribution in [1.82, 2.24) is 15.5 Å². The van der Waals surface area contributed by atoms with E-state index in [0.29, 0.717) is 6.54 Å². The number of amides is 1. The van der Waals surface area contributed by atoms with Gasteiger partial charge in [-0.25, -0.2) is 0 Å². The summed E-state index contributed by atoms with van der Waals surface area (Å²) in [6.45, 7) is 4.71. The van der Waals surface area contributed by atoms with Crippen molar-refractivity contribution < 1.29 is 4.79 Å². The van der Waals surface area contributed by atoms with Gasteiger partial charge in [0.2, 0.25) is 0 Å². The van der Waals surface area contributed by atoms with E-state index in [0.717, 1.165) is 40.3 Å². The lowest BCUT2D eigenvalue weighted by Crippen LogP contribution is -2.25. The Kier molecular flexibility index (Phi) is 4.42. The first-order valence-electron chi connectivity index (χ1n) is 7.91. The van der Waals surface area contributed by atoms with Crippen LogP contribution in [0.15, 0.2) is 42.7 Å². The summed E-state index contributed by atoms with van der Waals surface area (Å²) in [4.78, 5) is 12.6. The van der Waals surface area contributed by atoms with E-state index >= 15 is 0 Å². The minimum Gasteiger partial charge on any atom is -0.352 e. The number of H-pyrrole nitrogens is 1. The Morgan fingerprint density at radius 2 is 2.09 bits per heavy atom. The van der Waals surface area contributed by atoms with Gasteiger partial charge in [-0.05, 0) is 48.6 Å². The SMILES string of the molecule is Cc1ccc2c(C(=O)NCCCc3cn[nH]c3)c(C)ccc2c1. The summed E-state index contributed by atoms with van der Waals surface area (Å²) in [5.74, 6) is 0.00384. The number of carbonyl (C=O) groups excluding carboxylic acids is 1. The van der Waals surface area contributed by atoms with Gasteiger partial charge in [0.05, 0.1) is 11.8 Å². The summed E-state index contributed by atoms with van der Waals surface area (Å²) >= 11 is 0. The van der Waals surface area contributed by atoms with Crippen molar-refractivity contribution in [3.8, 4) is 0 Å². The molecule has 0 unspecified atom stereocenters. The molecule has 118 valence electrons. The number of nitrogens with one attached hydrogen (secondary N) is 2. The monoisotopic (exact) mass is 307 g/mol. The molecule has 1 heterocycles. The summed E-state index contributed by atoms with van der Waals surface area (Å²) in [6, 6.07) is 10.3. The quantitative estimate of drug-likeness (QED) is 0.708. The minimum atomic E-state index is 0.00384. The molecule has 4 heteroatoms. The molecular weight excluding hydrogens is 286 g/mol. The Hall–Kier alpha value is -2.62. The van der Waals surface area contributed by atoms with Gasteiger partial charge in [-0.1, -0.05) is 35.9 Å². The van der Waals surface area contributed by atoms with Crippen molar-refractivity contribution in [2.75, 3.05) is 6.54 Å². The Bertz CT molecular complexity index is 822. The van der Waals surface area contributed by atoms with E-state index in [1.54, 1.807) is 0 Å². The molecule has 0 aliphatic heterocycles. The van der Waals surface area contributed by atoms with Crippen LogP contribution in [0.1, 0.15) is 33.5 Å². The number of aromatic nitrogens is 2. The number of nitrogens with zero attached hydrogens (tertiary/aromatic N) is 1. The Balaban J connectivity index is 1.71. The van der Waals surface area contributed by atoms with Crippen LogP contribution in [0.5, 0.6) is 0 Å². The Labute approximate surface area is 135 Å². The second kappa shape index (κ2) is 6.65. The van der Waals surface area contributed by atoms with Gasteiger partial charge in [-0.3, -0.25) is 9.89 Å². The zero-order valence-electron chi connectivity index (χ0n) is 13.5. The number of benzene rings is 2. The maximum atomic E-state index is 12.6. The molecule has 23 heavy (non-hydrogen) atoms. The van der Waals surface area contributed by atoms with Gasteiger partial charge in [0.25, 0.3) is 5.91 Å². The lowest BCUT2D eigenvalue weighted by atomic mass is 9.97. The third kappa shape index (κ3) is 3.42. The fourth-order valence-electron chi connectivity index (χ4n) is 2.86. The van der Waals surface area contributed by atoms with Gasteiger partial charge in [0.1, 0.15) is 0 Å². The van der Waals surface area contributed by atoms with Gasteiger partial charge in [0.15, 0.2) is 0 Å². The molecule has 0 saturated carbocycles. The van der Waals surface area contributed by atoms with Crippen LogP contribution in [-0.4, -0.2) is 22.6 Å². The van der Waals surface area contributed by atoms with Crippen molar-refractivity contribution in [3.05, 3.63) is 65.0 Å². The molecular formula is C19H21N3O. The lowest BCUT2D eigenvalue weighted by Gasteiger charge is -2.11. The van der Waals surface area contributed by atoms with Crippen LogP contribution in [0.3, 0.4) is 0 Å². The van der Waals surface area contributed by atoms with Crippen molar-refractivity contribution in [2.24, 2.45) is 0 Å². The molecule has 0 saturated heterocycles. The van der Waals surface area contributed by atoms with E-state index in [2.05, 4.69) is 40.6 Å². The highest BCUT2D eigenvalue weighted by Crippen LogP contribution is 2.23. The molecule has 1 amide bonds. The zero-order valence-corrected chi connectivity index (χ0v) is 13.5. The van der Waals surface area contributed by atoms with Gasteiger partial charge < -0.3 is 5.32 Å². The summed E-state index contributed by atoms with van der Waals surface area (Å²) in [5, 5.41) is 11.9. The van der Waals surface area contributed by atoms with Crippen molar-refractivity contribution in [1.29, 1.82) is 0 Å². The number of carbonyl (C=O) groups is 1. The van der Waals surface area contributed by atoms with Crippen molar-refractivity contribution >= 4 is 16.7 Å². The van der Waals surface area contributed by atoms with Crippen LogP contribution in [0, 0.1) is 13.8 Å². The molecule has 0 radical (unpaired) electrons. The van der Waals surface area contributed by atoms with Crippen molar-refractivity contribution in [2.45, 2.75) is 26.7 Å². The van der Waals surface area contributed by atoms with Gasteiger partial charge >= 0.3 is 0 Å². The standard InChI is InChI=1S/C19H21N3O/c1-13-5-8-17-16(10-13)7-6-14(2)18(17)19(23)20-9-3-4-15-11-21-22-12-15/h5-8,10-12H,3-4,9H2,1-2H3,(H,20,23)(H,21,22). The molecule has 4 nitrogen and oxygen atoms in total. The average Bonchev–Trinajstić information content (AvgIpc) is 3.05. The normalized spacial score (nSPS) is 10.9. The van der Waals surface area contributed by atoms with Crippen LogP contribution < -0.4 is 5.32 Å². The smallest absolute Gasteiger partial charge is 0.252 e. The topological polar surface area (TPSA) is 57.8 Å². The highest BCUT2D eigenvalue weighted by Gasteiger charge is 2.12. The fraction of sp³-hybridized carbons (Fsp3) is 0.263. The number of rotatable bonds is 5. The molecule has 1 aromatic heterocycles. The first-order valence-corrected chi connectivity index (χ1v) is 7.91. The maximum absolute atomic E-state index is 12.6. The summed E-state index contributed by atoms with van der Waals surface area (Å²) in [5.41, 5.74) is 4.16. The molecule has 0 atom stereocenters. The highest BCUT2D eigenvalue weighted by atomic mass is 16.1. The fourth-order valence-corrected chi connectivity index (χ4v) is 2.86. The molecule has 0 fully saturated rings. The second-order valence-electron chi connectivity index (χ2n) is 5.95. The van der Waals surface area contributed by atoms with Gasteiger partial charge in [0, 0.05) is 12.7 Å². The van der Waals surface area contributed by atoms with E-state index in [9.17, 15) is 4.79 Å². The van der Waals surface area contributed by atoms with Crippen LogP contribution >= 0.6 is 0 Å². The van der Waals surface area contributed by atoms with Crippen LogP contribution in [0.4, 0.5) is 0 Å². The average molecular weight is 307 g/mol. The number of aromatic amines is 1. The molecule has 2 N–H and O–H groups in total. The molecule has 0 aliphatic carbocycles. The summed E-state index contributed by atoms with van der Waals surface area (Å²) < 4.78 is 0. The first-order chi connectivity index (χ1) is 11.1. The first kappa shape index (κ1) is 15.3. The lowest BCUT2D eigenvalue weighted by molar-refractivity contribution is 0.0954. The molecule has 0 bridgehead atoms. The third-order valence-corrected chi connectivity index (χ3v) is 4.09. The third-order valence-electron chi connectivity index (χ3n) is 4.09. The van der Waals surface area contributed by atoms with E-state index in [1.165, 1.54) is 5.56 Å². The van der Waals surface area contributed by atoms with E-state index < -0.39 is 0 Å². The van der Waals surface area contributed by atoms with Crippen LogP contribution in [0.2, 0.25) is 0 Å². The predicted octanol–water partition coefficient (Wildman–Crippen LogP) is 3.54. The number of aryl methyl sites for hydroxylation is 3. The summed E-state index contributed by atoms with van der Waals surface area (Å²) in [7, 11) is 0. The molecule has 0 aliphatic rings. The Morgan fingerprint density at radius 3 is 2.87 bits per heavy atom. The predicted molar refractivity (Wildman–Crippen MR) is 92.7 cm³/mol. The highest BCUT2D eigenvalue weighted by molar-refractivity contribution is 6.08. The van der Waals surface area contributed by atoms with Gasteiger partial charge in [-0.15, -0.1) is 0 Å². The number of hydrogen-bond acceptors (Lipinski definition) is 2. The Morgan fingerprint density at radius 1 is 1.22 bits per heavy atom. The van der Waals surface area contributed by atoms with E-state index in [-0.39, 0.29) is 5.91 Å².